The second-order valence-electron chi connectivity index (χ2n) is 13.3. The Balaban J connectivity index is -0.000000146. The summed E-state index contributed by atoms with van der Waals surface area (Å²) in [5.74, 6) is 0. The molecule has 4 heteroatoms. The summed E-state index contributed by atoms with van der Waals surface area (Å²) in [6.07, 6.45) is 13.0. The number of hydrogen-bond acceptors (Lipinski definition) is 3. The summed E-state index contributed by atoms with van der Waals surface area (Å²) in [7, 11) is 0. The van der Waals surface area contributed by atoms with E-state index >= 15 is 0 Å². The van der Waals surface area contributed by atoms with Crippen LogP contribution in [-0.2, 0) is 16.2 Å². The van der Waals surface area contributed by atoms with Crippen molar-refractivity contribution in [3.05, 3.63) is 88.3 Å². The smallest absolute Gasteiger partial charge is 0.0939 e. The van der Waals surface area contributed by atoms with Gasteiger partial charge < -0.3 is 4.42 Å². The maximum Gasteiger partial charge on any atom is 0.0939 e. The molecule has 0 radical (unpaired) electrons. The van der Waals surface area contributed by atoms with E-state index in [0.717, 1.165) is 6.42 Å². The van der Waals surface area contributed by atoms with Crippen LogP contribution in [0.25, 0.3) is 0 Å². The minimum atomic E-state index is 0. The maximum absolute atomic E-state index is 4.94. The third kappa shape index (κ3) is 26.6. The van der Waals surface area contributed by atoms with Gasteiger partial charge in [0.15, 0.2) is 0 Å². The highest BCUT2D eigenvalue weighted by atomic mass is 32.1. The van der Waals surface area contributed by atoms with E-state index in [2.05, 4.69) is 128 Å². The molecular formula is C41H78N2OS. The van der Waals surface area contributed by atoms with Crippen molar-refractivity contribution in [1.29, 1.82) is 0 Å². The van der Waals surface area contributed by atoms with Gasteiger partial charge in [0.2, 0.25) is 0 Å². The topological polar surface area (TPSA) is 41.8 Å². The fraction of sp³-hybridized carbons (Fsp3) is 0.634. The highest BCUT2D eigenvalue weighted by Gasteiger charge is 2.16. The number of nitrogens with one attached hydrogen (secondary N) is 1. The number of aromatic nitrogens is 2. The molecule has 264 valence electrons. The zero-order chi connectivity index (χ0) is 35.6. The van der Waals surface area contributed by atoms with Gasteiger partial charge in [-0.3, -0.25) is 5.10 Å². The van der Waals surface area contributed by atoms with Gasteiger partial charge in [-0.2, -0.15) is 16.4 Å². The Morgan fingerprint density at radius 3 is 1.36 bits per heavy atom. The Hall–Kier alpha value is -2.33. The monoisotopic (exact) mass is 647 g/mol. The van der Waals surface area contributed by atoms with Crippen LogP contribution >= 0.6 is 11.3 Å². The highest BCUT2D eigenvalue weighted by molar-refractivity contribution is 7.08. The molecule has 1 aliphatic rings. The highest BCUT2D eigenvalue weighted by Crippen LogP contribution is 2.30. The van der Waals surface area contributed by atoms with Crippen LogP contribution in [0.4, 0.5) is 0 Å². The first-order valence-electron chi connectivity index (χ1n) is 16.8. The Kier molecular flexibility index (Phi) is 32.4. The van der Waals surface area contributed by atoms with Gasteiger partial charge in [0, 0.05) is 17.3 Å². The van der Waals surface area contributed by atoms with E-state index in [-0.39, 0.29) is 18.3 Å². The zero-order valence-electron chi connectivity index (χ0n) is 32.8. The molecule has 1 N–H and O–H groups in total. The van der Waals surface area contributed by atoms with Crippen LogP contribution in [0.3, 0.4) is 0 Å². The lowest BCUT2D eigenvalue weighted by Gasteiger charge is -2.19. The third-order valence-electron chi connectivity index (χ3n) is 5.82. The fourth-order valence-corrected chi connectivity index (χ4v) is 3.94. The number of aromatic amines is 1. The van der Waals surface area contributed by atoms with Crippen LogP contribution in [-0.4, -0.2) is 10.2 Å². The predicted molar refractivity (Wildman–Crippen MR) is 211 cm³/mol. The van der Waals surface area contributed by atoms with Gasteiger partial charge >= 0.3 is 0 Å². The average Bonchev–Trinajstić information content (AvgIpc) is 3.79. The van der Waals surface area contributed by atoms with Crippen molar-refractivity contribution >= 4 is 11.3 Å². The Morgan fingerprint density at radius 1 is 0.667 bits per heavy atom. The number of furan rings is 1. The van der Waals surface area contributed by atoms with Gasteiger partial charge in [-0.25, -0.2) is 0 Å². The first-order valence-corrected chi connectivity index (χ1v) is 17.8. The molecule has 0 amide bonds. The first kappa shape index (κ1) is 52.2. The van der Waals surface area contributed by atoms with Gasteiger partial charge in [0.05, 0.1) is 12.5 Å². The van der Waals surface area contributed by atoms with Gasteiger partial charge in [0.1, 0.15) is 0 Å². The molecule has 0 spiro atoms. The lowest BCUT2D eigenvalue weighted by Crippen LogP contribution is -2.11. The van der Waals surface area contributed by atoms with Crippen LogP contribution in [0, 0.1) is 5.41 Å². The molecular weight excluding hydrogens is 569 g/mol. The summed E-state index contributed by atoms with van der Waals surface area (Å²) in [6, 6.07) is 6.19. The van der Waals surface area contributed by atoms with Gasteiger partial charge in [-0.05, 0) is 62.8 Å². The van der Waals surface area contributed by atoms with Crippen molar-refractivity contribution in [3.63, 3.8) is 0 Å². The van der Waals surface area contributed by atoms with Crippen molar-refractivity contribution < 1.29 is 4.42 Å². The van der Waals surface area contributed by atoms with Crippen molar-refractivity contribution in [2.75, 3.05) is 0 Å². The van der Waals surface area contributed by atoms with E-state index in [1.807, 2.05) is 67.5 Å². The van der Waals surface area contributed by atoms with E-state index in [4.69, 9.17) is 4.42 Å². The lowest BCUT2D eigenvalue weighted by molar-refractivity contribution is 0.496. The molecule has 0 aromatic carbocycles. The van der Waals surface area contributed by atoms with Crippen molar-refractivity contribution in [1.82, 2.24) is 10.2 Å². The minimum Gasteiger partial charge on any atom is -0.472 e. The maximum atomic E-state index is 4.94. The number of hydrogen-bond donors (Lipinski definition) is 1. The molecule has 0 aliphatic heterocycles. The number of rotatable bonds is 0. The number of H-pyrrole nitrogens is 1. The summed E-state index contributed by atoms with van der Waals surface area (Å²) in [5, 5.41) is 11.1. The molecule has 3 heterocycles. The molecule has 45 heavy (non-hydrogen) atoms. The van der Waals surface area contributed by atoms with Crippen LogP contribution in [0.1, 0.15) is 169 Å². The lowest BCUT2D eigenvalue weighted by atomic mass is 9.86. The molecule has 3 nitrogen and oxygen atoms in total. The van der Waals surface area contributed by atoms with Crippen LogP contribution < -0.4 is 0 Å². The van der Waals surface area contributed by atoms with Crippen LogP contribution in [0.15, 0.2) is 75.9 Å². The Labute approximate surface area is 287 Å². The molecule has 0 saturated carbocycles. The largest absolute Gasteiger partial charge is 0.472 e. The van der Waals surface area contributed by atoms with E-state index in [1.54, 1.807) is 35.6 Å². The second kappa shape index (κ2) is 27.9. The van der Waals surface area contributed by atoms with E-state index in [0.29, 0.717) is 10.8 Å². The fourth-order valence-electron chi connectivity index (χ4n) is 3.06. The number of nitrogens with zero attached hydrogens (tertiary/aromatic N) is 1. The molecule has 3 aromatic rings. The zero-order valence-corrected chi connectivity index (χ0v) is 33.6. The van der Waals surface area contributed by atoms with Crippen molar-refractivity contribution in [2.24, 2.45) is 5.41 Å². The van der Waals surface area contributed by atoms with Gasteiger partial charge in [-0.1, -0.05) is 170 Å². The Morgan fingerprint density at radius 2 is 1.18 bits per heavy atom. The molecule has 0 bridgehead atoms. The predicted octanol–water partition coefficient (Wildman–Crippen LogP) is 15.0. The molecule has 0 fully saturated rings. The van der Waals surface area contributed by atoms with E-state index in [1.165, 1.54) is 16.8 Å². The SMILES string of the molecule is C.CC.CC.CC.CC.CC(C)(C)C1=CC=CC1.CC(C)(C)c1ccn[nH]1.CC(C)(C)c1ccoc1.CC(C)(C)c1ccsc1. The van der Waals surface area contributed by atoms with Gasteiger partial charge in [0.25, 0.3) is 0 Å². The van der Waals surface area contributed by atoms with Gasteiger partial charge in [-0.15, -0.1) is 0 Å². The molecule has 0 saturated heterocycles. The molecule has 1 aliphatic carbocycles. The number of thiophene rings is 1. The minimum absolute atomic E-state index is 0. The first-order chi connectivity index (χ1) is 20.4. The van der Waals surface area contributed by atoms with Crippen LogP contribution in [0.2, 0.25) is 0 Å². The normalized spacial score (nSPS) is 11.3. The van der Waals surface area contributed by atoms with Crippen molar-refractivity contribution in [2.45, 2.75) is 169 Å². The second-order valence-corrected chi connectivity index (χ2v) is 14.1. The van der Waals surface area contributed by atoms with E-state index in [9.17, 15) is 0 Å². The molecule has 0 atom stereocenters. The Bertz CT molecular complexity index is 906. The molecule has 3 aromatic heterocycles. The number of allylic oxidation sites excluding steroid dienone is 4. The van der Waals surface area contributed by atoms with Crippen LogP contribution in [0.5, 0.6) is 0 Å². The summed E-state index contributed by atoms with van der Waals surface area (Å²) < 4.78 is 4.94. The van der Waals surface area contributed by atoms with Crippen molar-refractivity contribution in [3.8, 4) is 0 Å². The standard InChI is InChI=1S/C9H14.C8H12O.C8H12S.C7H12N2.4C2H6.CH4/c1-9(2,3)8-6-4-5-7-8;2*1-8(2,3)7-4-5-9-6-7;1-7(2,3)6-4-5-8-9-6;4*1-2;/h4-6H,7H2,1-3H3;2*4-6H,1-3H3;4-5H,1-3H3,(H,8,9);4*1-2H3;1H4. The third-order valence-corrected chi connectivity index (χ3v) is 6.50. The molecule has 4 rings (SSSR count). The summed E-state index contributed by atoms with van der Waals surface area (Å²) in [6.45, 7) is 42.4. The average molecular weight is 647 g/mol. The summed E-state index contributed by atoms with van der Waals surface area (Å²) in [4.78, 5) is 0. The molecule has 0 unspecified atom stereocenters. The van der Waals surface area contributed by atoms with E-state index < -0.39 is 0 Å². The quantitative estimate of drug-likeness (QED) is 0.264. The summed E-state index contributed by atoms with van der Waals surface area (Å²) in [5.41, 5.74) is 6.56. The summed E-state index contributed by atoms with van der Waals surface area (Å²) >= 11 is 1.77.